The maximum atomic E-state index is 13.0. The highest BCUT2D eigenvalue weighted by atomic mass is 16.3. The van der Waals surface area contributed by atoms with Crippen LogP contribution in [0.4, 0.5) is 0 Å². The van der Waals surface area contributed by atoms with E-state index in [-0.39, 0.29) is 18.0 Å². The molecule has 0 spiro atoms. The minimum atomic E-state index is -0.620. The van der Waals surface area contributed by atoms with Gasteiger partial charge in [0.2, 0.25) is 5.88 Å². The van der Waals surface area contributed by atoms with E-state index in [0.717, 1.165) is 40.7 Å². The predicted molar refractivity (Wildman–Crippen MR) is 120 cm³/mol. The first kappa shape index (κ1) is 19.4. The normalized spacial score (nSPS) is 16.5. The summed E-state index contributed by atoms with van der Waals surface area (Å²) in [6.45, 7) is 3.67. The number of para-hydroxylation sites is 1. The molecule has 7 nitrogen and oxygen atoms in total. The second-order valence-electron chi connectivity index (χ2n) is 7.91. The van der Waals surface area contributed by atoms with Crippen molar-refractivity contribution < 1.29 is 5.11 Å². The van der Waals surface area contributed by atoms with Crippen molar-refractivity contribution in [3.63, 3.8) is 0 Å². The molecule has 0 bridgehead atoms. The highest BCUT2D eigenvalue weighted by Gasteiger charge is 2.35. The van der Waals surface area contributed by atoms with E-state index in [4.69, 9.17) is 0 Å². The molecule has 0 radical (unpaired) electrons. The van der Waals surface area contributed by atoms with Gasteiger partial charge in [-0.1, -0.05) is 55.5 Å². The molecule has 4 aromatic rings. The zero-order chi connectivity index (χ0) is 21.5. The van der Waals surface area contributed by atoms with Crippen molar-refractivity contribution in [3.8, 4) is 5.88 Å². The van der Waals surface area contributed by atoms with Gasteiger partial charge < -0.3 is 10.1 Å². The van der Waals surface area contributed by atoms with Crippen LogP contribution in [-0.2, 0) is 13.0 Å². The van der Waals surface area contributed by atoms with Crippen molar-refractivity contribution in [1.82, 2.24) is 19.4 Å². The molecule has 2 aromatic heterocycles. The van der Waals surface area contributed by atoms with Crippen LogP contribution in [0.2, 0.25) is 0 Å². The largest absolute Gasteiger partial charge is 0.494 e. The van der Waals surface area contributed by atoms with Crippen LogP contribution in [0.15, 0.2) is 64.2 Å². The molecule has 158 valence electrons. The maximum absolute atomic E-state index is 13.0. The SMILES string of the molecule is CCN1CCc2c([nH]c3ccccc23)[C@@H]1c1c(O)n(Cc2ccccc2)c(=O)[nH]c1=O. The topological polar surface area (TPSA) is 94.1 Å². The third kappa shape index (κ3) is 3.18. The van der Waals surface area contributed by atoms with Crippen molar-refractivity contribution in [2.24, 2.45) is 0 Å². The Bertz CT molecular complexity index is 1370. The van der Waals surface area contributed by atoms with Gasteiger partial charge in [-0.15, -0.1) is 0 Å². The molecule has 5 rings (SSSR count). The molecule has 0 saturated heterocycles. The third-order valence-electron chi connectivity index (χ3n) is 6.20. The first-order valence-corrected chi connectivity index (χ1v) is 10.5. The number of aromatic amines is 2. The molecule has 0 fully saturated rings. The standard InChI is InChI=1S/C24H24N4O3/c1-2-27-13-12-17-16-10-6-7-11-18(16)25-20(17)21(27)19-22(29)26-24(31)28(23(19)30)14-15-8-4-3-5-9-15/h3-11,21,25,30H,2,12-14H2,1H3,(H,26,29,31)/t21-/m0/s1. The quantitative estimate of drug-likeness (QED) is 0.477. The van der Waals surface area contributed by atoms with Crippen LogP contribution in [0, 0.1) is 0 Å². The van der Waals surface area contributed by atoms with Gasteiger partial charge in [-0.25, -0.2) is 4.79 Å². The molecule has 0 amide bonds. The number of likely N-dealkylation sites (N-methyl/N-ethyl adjacent to an activating group) is 1. The Morgan fingerprint density at radius 2 is 1.77 bits per heavy atom. The lowest BCUT2D eigenvalue weighted by Crippen LogP contribution is -2.41. The second kappa shape index (κ2) is 7.59. The van der Waals surface area contributed by atoms with Crippen LogP contribution in [0.3, 0.4) is 0 Å². The average Bonchev–Trinajstić information content (AvgIpc) is 3.16. The number of nitrogens with zero attached hydrogens (tertiary/aromatic N) is 2. The van der Waals surface area contributed by atoms with E-state index in [0.29, 0.717) is 6.54 Å². The Morgan fingerprint density at radius 1 is 1.03 bits per heavy atom. The minimum Gasteiger partial charge on any atom is -0.494 e. The summed E-state index contributed by atoms with van der Waals surface area (Å²) < 4.78 is 1.23. The lowest BCUT2D eigenvalue weighted by Gasteiger charge is -2.35. The third-order valence-corrected chi connectivity index (χ3v) is 6.20. The Kier molecular flexibility index (Phi) is 4.75. The fourth-order valence-electron chi connectivity index (χ4n) is 4.69. The van der Waals surface area contributed by atoms with Gasteiger partial charge in [0.1, 0.15) is 5.56 Å². The van der Waals surface area contributed by atoms with Crippen molar-refractivity contribution in [3.05, 3.63) is 97.8 Å². The first-order chi connectivity index (χ1) is 15.1. The summed E-state index contributed by atoms with van der Waals surface area (Å²) in [6, 6.07) is 17.0. The lowest BCUT2D eigenvalue weighted by molar-refractivity contribution is 0.214. The fourth-order valence-corrected chi connectivity index (χ4v) is 4.69. The smallest absolute Gasteiger partial charge is 0.331 e. The zero-order valence-electron chi connectivity index (χ0n) is 17.3. The molecule has 0 unspecified atom stereocenters. The highest BCUT2D eigenvalue weighted by molar-refractivity contribution is 5.85. The molecular weight excluding hydrogens is 392 g/mol. The van der Waals surface area contributed by atoms with E-state index in [2.05, 4.69) is 20.9 Å². The molecule has 31 heavy (non-hydrogen) atoms. The van der Waals surface area contributed by atoms with E-state index >= 15 is 0 Å². The molecule has 3 N–H and O–H groups in total. The number of aromatic hydroxyl groups is 1. The Hall–Kier alpha value is -3.58. The summed E-state index contributed by atoms with van der Waals surface area (Å²) in [5.41, 5.74) is 2.95. The van der Waals surface area contributed by atoms with Crippen LogP contribution >= 0.6 is 0 Å². The van der Waals surface area contributed by atoms with Crippen molar-refractivity contribution in [2.45, 2.75) is 25.9 Å². The van der Waals surface area contributed by atoms with Gasteiger partial charge in [0, 0.05) is 23.1 Å². The van der Waals surface area contributed by atoms with E-state index in [1.165, 1.54) is 4.57 Å². The van der Waals surface area contributed by atoms with Crippen LogP contribution < -0.4 is 11.2 Å². The molecule has 1 atom stereocenters. The number of benzene rings is 2. The Morgan fingerprint density at radius 3 is 2.55 bits per heavy atom. The monoisotopic (exact) mass is 416 g/mol. The molecule has 3 heterocycles. The molecule has 2 aromatic carbocycles. The summed E-state index contributed by atoms with van der Waals surface area (Å²) in [4.78, 5) is 33.6. The molecule has 1 aliphatic rings. The van der Waals surface area contributed by atoms with Gasteiger partial charge in [-0.2, -0.15) is 0 Å². The van der Waals surface area contributed by atoms with Gasteiger partial charge in [-0.05, 0) is 30.2 Å². The predicted octanol–water partition coefficient (Wildman–Crippen LogP) is 2.74. The second-order valence-corrected chi connectivity index (χ2v) is 7.91. The van der Waals surface area contributed by atoms with Gasteiger partial charge in [-0.3, -0.25) is 19.2 Å². The molecule has 0 aliphatic carbocycles. The van der Waals surface area contributed by atoms with Crippen LogP contribution in [0.5, 0.6) is 5.88 Å². The van der Waals surface area contributed by atoms with E-state index in [9.17, 15) is 14.7 Å². The van der Waals surface area contributed by atoms with Crippen LogP contribution in [-0.4, -0.2) is 37.6 Å². The number of aromatic nitrogens is 3. The number of hydrogen-bond donors (Lipinski definition) is 3. The number of hydrogen-bond acceptors (Lipinski definition) is 4. The summed E-state index contributed by atoms with van der Waals surface area (Å²) in [6.07, 6.45) is 0.853. The first-order valence-electron chi connectivity index (χ1n) is 10.5. The summed E-state index contributed by atoms with van der Waals surface area (Å²) in [5, 5.41) is 12.3. The summed E-state index contributed by atoms with van der Waals surface area (Å²) in [7, 11) is 0. The number of nitrogens with one attached hydrogen (secondary N) is 2. The van der Waals surface area contributed by atoms with Gasteiger partial charge in [0.25, 0.3) is 5.56 Å². The van der Waals surface area contributed by atoms with Crippen molar-refractivity contribution in [2.75, 3.05) is 13.1 Å². The van der Waals surface area contributed by atoms with Gasteiger partial charge in [0.15, 0.2) is 0 Å². The average molecular weight is 416 g/mol. The van der Waals surface area contributed by atoms with E-state index in [1.54, 1.807) is 0 Å². The Balaban J connectivity index is 1.71. The fraction of sp³-hybridized carbons (Fsp3) is 0.250. The molecular formula is C24H24N4O3. The molecule has 1 aliphatic heterocycles. The zero-order valence-corrected chi connectivity index (χ0v) is 17.3. The number of fused-ring (bicyclic) bond motifs is 3. The Labute approximate surface area is 178 Å². The highest BCUT2D eigenvalue weighted by Crippen LogP contribution is 2.39. The maximum Gasteiger partial charge on any atom is 0.331 e. The van der Waals surface area contributed by atoms with Crippen LogP contribution in [0.1, 0.15) is 35.3 Å². The number of H-pyrrole nitrogens is 2. The van der Waals surface area contributed by atoms with Crippen molar-refractivity contribution in [1.29, 1.82) is 0 Å². The lowest BCUT2D eigenvalue weighted by atomic mass is 9.93. The number of rotatable bonds is 4. The minimum absolute atomic E-state index is 0.174. The van der Waals surface area contributed by atoms with Gasteiger partial charge in [0.05, 0.1) is 12.6 Å². The molecule has 0 saturated carbocycles. The van der Waals surface area contributed by atoms with Crippen LogP contribution in [0.25, 0.3) is 10.9 Å². The van der Waals surface area contributed by atoms with Crippen molar-refractivity contribution >= 4 is 10.9 Å². The van der Waals surface area contributed by atoms with Gasteiger partial charge >= 0.3 is 5.69 Å². The summed E-state index contributed by atoms with van der Waals surface area (Å²) >= 11 is 0. The van der Waals surface area contributed by atoms with E-state index < -0.39 is 17.3 Å². The van der Waals surface area contributed by atoms with E-state index in [1.807, 2.05) is 55.5 Å². The molecule has 7 heteroatoms. The summed E-state index contributed by atoms with van der Waals surface area (Å²) in [5.74, 6) is -0.285.